The van der Waals surface area contributed by atoms with Gasteiger partial charge in [0.1, 0.15) is 5.75 Å². The Balaban J connectivity index is 1.43. The molecule has 0 spiro atoms. The fraction of sp³-hybridized carbons (Fsp3) is 0.0690. The summed E-state index contributed by atoms with van der Waals surface area (Å²) in [6.07, 6.45) is 0.681. The zero-order valence-electron chi connectivity index (χ0n) is 18.5. The summed E-state index contributed by atoms with van der Waals surface area (Å²) in [5.74, 6) is 0.259. The molecule has 1 unspecified atom stereocenters. The molecule has 1 aromatic heterocycles. The lowest BCUT2D eigenvalue weighted by Gasteiger charge is -2.13. The Morgan fingerprint density at radius 3 is 2.18 bits per heavy atom. The number of nitrogens with zero attached hydrogens (tertiary/aromatic N) is 1. The highest BCUT2D eigenvalue weighted by Crippen LogP contribution is 2.42. The predicted molar refractivity (Wildman–Crippen MR) is 139 cm³/mol. The maximum Gasteiger partial charge on any atom is 0.121 e. The lowest BCUT2D eigenvalue weighted by Crippen LogP contribution is -2.10. The Hall–Kier alpha value is -4.51. The number of phenols is 1. The van der Waals surface area contributed by atoms with E-state index in [1.165, 1.54) is 0 Å². The molecule has 2 heterocycles. The first-order valence-electron chi connectivity index (χ1n) is 11.3. The number of H-pyrrole nitrogens is 1. The molecule has 5 N–H and O–H groups in total. The molecule has 34 heavy (non-hydrogen) atoms. The molecule has 0 aliphatic carbocycles. The standard InChI is InChI=1S/C29H24N4O/c30-21-13-11-18(12-14-21)24-17-26(33-32-24)22-15-25-23(16-27(22)34)28(19-7-3-1-4-8-19)29(31-25)20-9-5-2-6-10-20/h1-16,26,31,33-34H,17,30H2. The average Bonchev–Trinajstić information content (AvgIpc) is 3.50. The molecule has 4 aromatic carbocycles. The molecule has 5 heteroatoms. The van der Waals surface area contributed by atoms with Crippen LogP contribution in [0.25, 0.3) is 33.3 Å². The van der Waals surface area contributed by atoms with Gasteiger partial charge >= 0.3 is 0 Å². The molecular weight excluding hydrogens is 420 g/mol. The molecule has 0 bridgehead atoms. The van der Waals surface area contributed by atoms with Crippen LogP contribution in [0, 0.1) is 0 Å². The van der Waals surface area contributed by atoms with Gasteiger partial charge in [0.15, 0.2) is 0 Å². The number of phenolic OH excluding ortho intramolecular Hbond substituents is 1. The summed E-state index contributed by atoms with van der Waals surface area (Å²) < 4.78 is 0. The predicted octanol–water partition coefficient (Wildman–Crippen LogP) is 6.23. The van der Waals surface area contributed by atoms with Crippen LogP contribution in [0.2, 0.25) is 0 Å². The van der Waals surface area contributed by atoms with E-state index in [1.54, 1.807) is 0 Å². The topological polar surface area (TPSA) is 86.4 Å². The average molecular weight is 445 g/mol. The second-order valence-corrected chi connectivity index (χ2v) is 8.63. The van der Waals surface area contributed by atoms with Crippen LogP contribution < -0.4 is 11.2 Å². The summed E-state index contributed by atoms with van der Waals surface area (Å²) in [6.45, 7) is 0. The molecule has 166 valence electrons. The minimum Gasteiger partial charge on any atom is -0.508 e. The van der Waals surface area contributed by atoms with Gasteiger partial charge in [-0.25, -0.2) is 0 Å². The number of anilines is 1. The van der Waals surface area contributed by atoms with Gasteiger partial charge < -0.3 is 21.2 Å². The largest absolute Gasteiger partial charge is 0.508 e. The van der Waals surface area contributed by atoms with Crippen LogP contribution in [0.3, 0.4) is 0 Å². The lowest BCUT2D eigenvalue weighted by atomic mass is 9.95. The summed E-state index contributed by atoms with van der Waals surface area (Å²) in [4.78, 5) is 3.63. The number of benzene rings is 4. The molecule has 1 atom stereocenters. The summed E-state index contributed by atoms with van der Waals surface area (Å²) >= 11 is 0. The second-order valence-electron chi connectivity index (χ2n) is 8.63. The first-order chi connectivity index (χ1) is 16.7. The highest BCUT2D eigenvalue weighted by Gasteiger charge is 2.25. The van der Waals surface area contributed by atoms with Gasteiger partial charge in [-0.15, -0.1) is 0 Å². The van der Waals surface area contributed by atoms with E-state index in [9.17, 15) is 5.11 Å². The lowest BCUT2D eigenvalue weighted by molar-refractivity contribution is 0.456. The molecule has 0 radical (unpaired) electrons. The number of nitrogens with two attached hydrogens (primary N) is 1. The van der Waals surface area contributed by atoms with Gasteiger partial charge in [0.05, 0.1) is 17.4 Å². The van der Waals surface area contributed by atoms with E-state index in [1.807, 2.05) is 72.8 Å². The molecule has 0 amide bonds. The van der Waals surface area contributed by atoms with Crippen molar-refractivity contribution in [1.29, 1.82) is 0 Å². The van der Waals surface area contributed by atoms with E-state index in [4.69, 9.17) is 5.73 Å². The van der Waals surface area contributed by atoms with Gasteiger partial charge in [-0.05, 0) is 41.0 Å². The number of nitrogens with one attached hydrogen (secondary N) is 2. The summed E-state index contributed by atoms with van der Waals surface area (Å²) in [5.41, 5.74) is 17.9. The molecule has 1 aliphatic rings. The van der Waals surface area contributed by atoms with Gasteiger partial charge in [-0.1, -0.05) is 72.8 Å². The van der Waals surface area contributed by atoms with E-state index in [0.29, 0.717) is 6.42 Å². The van der Waals surface area contributed by atoms with Crippen LogP contribution in [0.4, 0.5) is 5.69 Å². The number of aromatic amines is 1. The van der Waals surface area contributed by atoms with Crippen molar-refractivity contribution >= 4 is 22.3 Å². The van der Waals surface area contributed by atoms with E-state index in [2.05, 4.69) is 39.8 Å². The third kappa shape index (κ3) is 3.48. The smallest absolute Gasteiger partial charge is 0.121 e. The number of aromatic nitrogens is 1. The zero-order chi connectivity index (χ0) is 23.1. The van der Waals surface area contributed by atoms with Crippen molar-refractivity contribution in [1.82, 2.24) is 10.4 Å². The van der Waals surface area contributed by atoms with Crippen molar-refractivity contribution in [3.8, 4) is 28.1 Å². The number of hydrazone groups is 1. The fourth-order valence-electron chi connectivity index (χ4n) is 4.73. The first kappa shape index (κ1) is 20.1. The van der Waals surface area contributed by atoms with Crippen molar-refractivity contribution in [2.45, 2.75) is 12.5 Å². The minimum absolute atomic E-state index is 0.111. The molecule has 5 aromatic rings. The molecular formula is C29H24N4O. The first-order valence-corrected chi connectivity index (χ1v) is 11.3. The number of fused-ring (bicyclic) bond motifs is 1. The normalized spacial score (nSPS) is 15.3. The molecule has 0 saturated carbocycles. The summed E-state index contributed by atoms with van der Waals surface area (Å²) in [7, 11) is 0. The maximum atomic E-state index is 11.1. The summed E-state index contributed by atoms with van der Waals surface area (Å²) in [5, 5.41) is 16.6. The van der Waals surface area contributed by atoms with Crippen LogP contribution in [0.15, 0.2) is 102 Å². The maximum absolute atomic E-state index is 11.1. The van der Waals surface area contributed by atoms with Crippen LogP contribution in [0.5, 0.6) is 5.75 Å². The van der Waals surface area contributed by atoms with Crippen molar-refractivity contribution < 1.29 is 5.11 Å². The van der Waals surface area contributed by atoms with Gasteiger partial charge in [0, 0.05) is 34.1 Å². The Kier molecular flexibility index (Phi) is 4.81. The highest BCUT2D eigenvalue weighted by atomic mass is 16.3. The van der Waals surface area contributed by atoms with E-state index >= 15 is 0 Å². The Labute approximate surface area is 197 Å². The summed E-state index contributed by atoms with van der Waals surface area (Å²) in [6, 6.07) is 32.1. The van der Waals surface area contributed by atoms with Crippen LogP contribution in [0.1, 0.15) is 23.6 Å². The third-order valence-electron chi connectivity index (χ3n) is 6.44. The highest BCUT2D eigenvalue weighted by molar-refractivity contribution is 6.05. The van der Waals surface area contributed by atoms with E-state index in [-0.39, 0.29) is 11.8 Å². The van der Waals surface area contributed by atoms with Crippen molar-refractivity contribution in [3.63, 3.8) is 0 Å². The van der Waals surface area contributed by atoms with Gasteiger partial charge in [0.25, 0.3) is 0 Å². The fourth-order valence-corrected chi connectivity index (χ4v) is 4.73. The monoisotopic (exact) mass is 444 g/mol. The number of hydrogen-bond donors (Lipinski definition) is 4. The molecule has 6 rings (SSSR count). The van der Waals surface area contributed by atoms with Crippen molar-refractivity contribution in [3.05, 3.63) is 108 Å². The van der Waals surface area contributed by atoms with Gasteiger partial charge in [0.2, 0.25) is 0 Å². The van der Waals surface area contributed by atoms with Crippen LogP contribution in [-0.4, -0.2) is 15.8 Å². The molecule has 5 nitrogen and oxygen atoms in total. The molecule has 0 fully saturated rings. The zero-order valence-corrected chi connectivity index (χ0v) is 18.5. The Bertz CT molecular complexity index is 1500. The Morgan fingerprint density at radius 1 is 0.794 bits per heavy atom. The third-order valence-corrected chi connectivity index (χ3v) is 6.44. The molecule has 0 saturated heterocycles. The number of rotatable bonds is 4. The molecule has 1 aliphatic heterocycles. The van der Waals surface area contributed by atoms with Crippen LogP contribution >= 0.6 is 0 Å². The Morgan fingerprint density at radius 2 is 1.47 bits per heavy atom. The number of hydrogen-bond acceptors (Lipinski definition) is 4. The SMILES string of the molecule is Nc1ccc(C2=NNC(c3cc4[nH]c(-c5ccccc5)c(-c5ccccc5)c4cc3O)C2)cc1. The number of nitrogen functional groups attached to an aromatic ring is 1. The second kappa shape index (κ2) is 8.12. The number of aromatic hydroxyl groups is 1. The minimum atomic E-state index is -0.111. The van der Waals surface area contributed by atoms with Crippen molar-refractivity contribution in [2.24, 2.45) is 5.10 Å². The van der Waals surface area contributed by atoms with Gasteiger partial charge in [-0.3, -0.25) is 0 Å². The van der Waals surface area contributed by atoms with Crippen LogP contribution in [-0.2, 0) is 0 Å². The van der Waals surface area contributed by atoms with Crippen molar-refractivity contribution in [2.75, 3.05) is 5.73 Å². The van der Waals surface area contributed by atoms with E-state index < -0.39 is 0 Å². The quantitative estimate of drug-likeness (QED) is 0.248. The van der Waals surface area contributed by atoms with E-state index in [0.717, 1.165) is 55.8 Å². The van der Waals surface area contributed by atoms with Gasteiger partial charge in [-0.2, -0.15) is 5.10 Å².